The summed E-state index contributed by atoms with van der Waals surface area (Å²) < 4.78 is 1.78. The molecule has 0 saturated carbocycles. The van der Waals surface area contributed by atoms with Crippen LogP contribution in [-0.4, -0.2) is 15.7 Å². The molecule has 25 heavy (non-hydrogen) atoms. The van der Waals surface area contributed by atoms with Crippen LogP contribution in [-0.2, 0) is 11.2 Å². The van der Waals surface area contributed by atoms with E-state index in [4.69, 9.17) is 0 Å². The average molecular weight is 333 g/mol. The molecule has 0 unspecified atom stereocenters. The summed E-state index contributed by atoms with van der Waals surface area (Å²) in [4.78, 5) is 12.3. The van der Waals surface area contributed by atoms with Gasteiger partial charge in [-0.3, -0.25) is 4.79 Å². The van der Waals surface area contributed by atoms with E-state index in [0.717, 1.165) is 23.4 Å². The predicted octanol–water partition coefficient (Wildman–Crippen LogP) is 4.57. The third kappa shape index (κ3) is 4.35. The van der Waals surface area contributed by atoms with E-state index in [0.29, 0.717) is 12.3 Å². The Labute approximate surface area is 148 Å². The first-order chi connectivity index (χ1) is 12.2. The van der Waals surface area contributed by atoms with Crippen molar-refractivity contribution in [2.24, 2.45) is 0 Å². The summed E-state index contributed by atoms with van der Waals surface area (Å²) in [6.45, 7) is 4.38. The van der Waals surface area contributed by atoms with E-state index in [1.807, 2.05) is 48.7 Å². The third-order valence-electron chi connectivity index (χ3n) is 4.40. The summed E-state index contributed by atoms with van der Waals surface area (Å²) >= 11 is 0. The van der Waals surface area contributed by atoms with Gasteiger partial charge >= 0.3 is 0 Å². The highest BCUT2D eigenvalue weighted by Crippen LogP contribution is 2.20. The lowest BCUT2D eigenvalue weighted by atomic mass is 9.99. The van der Waals surface area contributed by atoms with Gasteiger partial charge in [-0.15, -0.1) is 0 Å². The summed E-state index contributed by atoms with van der Waals surface area (Å²) in [5, 5.41) is 7.27. The number of amides is 1. The Bertz CT molecular complexity index is 822. The molecule has 4 nitrogen and oxygen atoms in total. The van der Waals surface area contributed by atoms with Gasteiger partial charge in [0.15, 0.2) is 0 Å². The van der Waals surface area contributed by atoms with Crippen LogP contribution < -0.4 is 5.32 Å². The molecule has 2 aromatic carbocycles. The van der Waals surface area contributed by atoms with Crippen molar-refractivity contribution in [3.63, 3.8) is 0 Å². The molecule has 1 atom stereocenters. The lowest BCUT2D eigenvalue weighted by Gasteiger charge is -2.10. The van der Waals surface area contributed by atoms with Crippen LogP contribution >= 0.6 is 0 Å². The lowest BCUT2D eigenvalue weighted by molar-refractivity contribution is -0.115. The van der Waals surface area contributed by atoms with Gasteiger partial charge in [0.1, 0.15) is 0 Å². The topological polar surface area (TPSA) is 46.9 Å². The fourth-order valence-electron chi connectivity index (χ4n) is 2.69. The molecule has 0 bridgehead atoms. The minimum absolute atomic E-state index is 0.0381. The lowest BCUT2D eigenvalue weighted by Crippen LogP contribution is -2.14. The number of hydrogen-bond donors (Lipinski definition) is 1. The molecule has 0 aliphatic rings. The summed E-state index contributed by atoms with van der Waals surface area (Å²) in [5.74, 6) is 0.498. The monoisotopic (exact) mass is 333 g/mol. The molecule has 1 aromatic heterocycles. The molecule has 0 fully saturated rings. The second kappa shape index (κ2) is 7.79. The highest BCUT2D eigenvalue weighted by Gasteiger charge is 2.08. The van der Waals surface area contributed by atoms with Gasteiger partial charge < -0.3 is 5.32 Å². The Morgan fingerprint density at radius 3 is 2.52 bits per heavy atom. The van der Waals surface area contributed by atoms with Crippen molar-refractivity contribution in [1.29, 1.82) is 0 Å². The van der Waals surface area contributed by atoms with E-state index in [-0.39, 0.29) is 5.91 Å². The molecular formula is C21H23N3O. The zero-order valence-corrected chi connectivity index (χ0v) is 14.6. The number of nitrogens with one attached hydrogen (secondary N) is 1. The van der Waals surface area contributed by atoms with E-state index in [1.54, 1.807) is 10.9 Å². The second-order valence-corrected chi connectivity index (χ2v) is 6.28. The first-order valence-corrected chi connectivity index (χ1v) is 8.64. The van der Waals surface area contributed by atoms with Gasteiger partial charge in [-0.2, -0.15) is 5.10 Å². The molecule has 1 heterocycles. The van der Waals surface area contributed by atoms with Gasteiger partial charge in [0, 0.05) is 11.9 Å². The average Bonchev–Trinajstić information content (AvgIpc) is 3.10. The van der Waals surface area contributed by atoms with Gasteiger partial charge in [0.05, 0.1) is 18.3 Å². The van der Waals surface area contributed by atoms with E-state index >= 15 is 0 Å². The van der Waals surface area contributed by atoms with Crippen LogP contribution in [0.3, 0.4) is 0 Å². The van der Waals surface area contributed by atoms with E-state index in [2.05, 4.69) is 36.4 Å². The third-order valence-corrected chi connectivity index (χ3v) is 4.40. The van der Waals surface area contributed by atoms with E-state index in [9.17, 15) is 4.79 Å². The number of anilines is 1. The maximum Gasteiger partial charge on any atom is 0.228 e. The quantitative estimate of drug-likeness (QED) is 0.718. The molecule has 0 spiro atoms. The number of benzene rings is 2. The molecule has 0 aliphatic carbocycles. The minimum atomic E-state index is -0.0381. The number of hydrogen-bond acceptors (Lipinski definition) is 2. The molecular weight excluding hydrogens is 310 g/mol. The number of aromatic nitrogens is 2. The Kier molecular flexibility index (Phi) is 5.29. The van der Waals surface area contributed by atoms with Crippen LogP contribution in [0, 0.1) is 0 Å². The van der Waals surface area contributed by atoms with Crippen molar-refractivity contribution < 1.29 is 4.79 Å². The van der Waals surface area contributed by atoms with Crippen LogP contribution in [0.25, 0.3) is 5.69 Å². The van der Waals surface area contributed by atoms with Crippen molar-refractivity contribution in [3.8, 4) is 5.69 Å². The van der Waals surface area contributed by atoms with Crippen LogP contribution in [0.1, 0.15) is 37.3 Å². The number of nitrogens with zero attached hydrogens (tertiary/aromatic N) is 2. The Morgan fingerprint density at radius 1 is 1.12 bits per heavy atom. The number of rotatable bonds is 6. The highest BCUT2D eigenvalue weighted by molar-refractivity contribution is 5.92. The van der Waals surface area contributed by atoms with Gasteiger partial charge in [-0.25, -0.2) is 4.68 Å². The summed E-state index contributed by atoms with van der Waals surface area (Å²) in [6.07, 6.45) is 5.04. The van der Waals surface area contributed by atoms with Crippen LogP contribution in [0.2, 0.25) is 0 Å². The standard InChI is InChI=1S/C21H23N3O/c1-3-16(2)18-9-11-19(12-10-18)23-21(25)13-17-14-22-24(15-17)20-7-5-4-6-8-20/h4-12,14-16H,3,13H2,1-2H3,(H,23,25)/t16-/m0/s1. The Morgan fingerprint density at radius 2 is 1.84 bits per heavy atom. The molecule has 4 heteroatoms. The fourth-order valence-corrected chi connectivity index (χ4v) is 2.69. The van der Waals surface area contributed by atoms with Crippen molar-refractivity contribution in [2.45, 2.75) is 32.6 Å². The molecule has 0 aliphatic heterocycles. The molecule has 1 N–H and O–H groups in total. The van der Waals surface area contributed by atoms with Crippen LogP contribution in [0.15, 0.2) is 67.0 Å². The Balaban J connectivity index is 1.60. The SMILES string of the molecule is CC[C@H](C)c1ccc(NC(=O)Cc2cnn(-c3ccccc3)c2)cc1. The highest BCUT2D eigenvalue weighted by atomic mass is 16.1. The molecule has 1 amide bonds. The molecule has 128 valence electrons. The zero-order chi connectivity index (χ0) is 17.6. The maximum absolute atomic E-state index is 12.3. The van der Waals surface area contributed by atoms with Gasteiger partial charge in [-0.1, -0.05) is 44.2 Å². The van der Waals surface area contributed by atoms with E-state index < -0.39 is 0 Å². The normalized spacial score (nSPS) is 11.9. The van der Waals surface area contributed by atoms with Crippen molar-refractivity contribution in [2.75, 3.05) is 5.32 Å². The van der Waals surface area contributed by atoms with Crippen molar-refractivity contribution >= 4 is 11.6 Å². The maximum atomic E-state index is 12.3. The largest absolute Gasteiger partial charge is 0.326 e. The van der Waals surface area contributed by atoms with Gasteiger partial charge in [-0.05, 0) is 47.7 Å². The number of carbonyl (C=O) groups excluding carboxylic acids is 1. The van der Waals surface area contributed by atoms with E-state index in [1.165, 1.54) is 5.56 Å². The number of carbonyl (C=O) groups is 1. The molecule has 0 radical (unpaired) electrons. The summed E-state index contributed by atoms with van der Waals surface area (Å²) in [5.41, 5.74) is 3.99. The predicted molar refractivity (Wildman–Crippen MR) is 101 cm³/mol. The minimum Gasteiger partial charge on any atom is -0.326 e. The molecule has 3 rings (SSSR count). The molecule has 3 aromatic rings. The fraction of sp³-hybridized carbons (Fsp3) is 0.238. The first kappa shape index (κ1) is 17.0. The van der Waals surface area contributed by atoms with Gasteiger partial charge in [0.25, 0.3) is 0 Å². The van der Waals surface area contributed by atoms with Crippen molar-refractivity contribution in [1.82, 2.24) is 9.78 Å². The van der Waals surface area contributed by atoms with Gasteiger partial charge in [0.2, 0.25) is 5.91 Å². The number of para-hydroxylation sites is 1. The summed E-state index contributed by atoms with van der Waals surface area (Å²) in [6, 6.07) is 18.0. The van der Waals surface area contributed by atoms with Crippen molar-refractivity contribution in [3.05, 3.63) is 78.1 Å². The Hall–Kier alpha value is -2.88. The molecule has 0 saturated heterocycles. The van der Waals surface area contributed by atoms with Crippen LogP contribution in [0.5, 0.6) is 0 Å². The zero-order valence-electron chi connectivity index (χ0n) is 14.6. The summed E-state index contributed by atoms with van der Waals surface area (Å²) in [7, 11) is 0. The second-order valence-electron chi connectivity index (χ2n) is 6.28. The smallest absolute Gasteiger partial charge is 0.228 e. The van der Waals surface area contributed by atoms with Crippen LogP contribution in [0.4, 0.5) is 5.69 Å². The first-order valence-electron chi connectivity index (χ1n) is 8.64.